The summed E-state index contributed by atoms with van der Waals surface area (Å²) in [6.07, 6.45) is 5.07. The molecule has 0 aliphatic rings. The number of rotatable bonds is 2. The first kappa shape index (κ1) is 10.7. The molecule has 4 nitrogen and oxygen atoms in total. The largest absolute Gasteiger partial charge is 0.287 e. The van der Waals surface area contributed by atoms with Gasteiger partial charge in [0, 0.05) is 36.6 Å². The van der Waals surface area contributed by atoms with Crippen molar-refractivity contribution in [3.8, 4) is 0 Å². The van der Waals surface area contributed by atoms with E-state index in [2.05, 4.69) is 10.1 Å². The van der Waals surface area contributed by atoms with Gasteiger partial charge in [0.25, 0.3) is 0 Å². The highest BCUT2D eigenvalue weighted by Gasteiger charge is 2.15. The summed E-state index contributed by atoms with van der Waals surface area (Å²) >= 11 is 0. The quantitative estimate of drug-likeness (QED) is 0.642. The summed E-state index contributed by atoms with van der Waals surface area (Å²) < 4.78 is 1.58. The number of fused-ring (bicyclic) bond motifs is 1. The van der Waals surface area contributed by atoms with E-state index in [1.54, 1.807) is 36.4 Å². The van der Waals surface area contributed by atoms with Crippen molar-refractivity contribution in [3.05, 3.63) is 60.2 Å². The Hall–Kier alpha value is -2.49. The molecule has 4 heteroatoms. The van der Waals surface area contributed by atoms with Gasteiger partial charge in [-0.3, -0.25) is 14.5 Å². The number of ketones is 1. The van der Waals surface area contributed by atoms with Crippen LogP contribution in [0.2, 0.25) is 0 Å². The van der Waals surface area contributed by atoms with E-state index in [0.29, 0.717) is 11.3 Å². The molecule has 0 aliphatic carbocycles. The average Bonchev–Trinajstić information content (AvgIpc) is 2.83. The van der Waals surface area contributed by atoms with Gasteiger partial charge in [-0.15, -0.1) is 0 Å². The minimum atomic E-state index is -0.0337. The van der Waals surface area contributed by atoms with Crippen LogP contribution in [0.3, 0.4) is 0 Å². The second-order valence-electron chi connectivity index (χ2n) is 4.07. The molecule has 0 bridgehead atoms. The van der Waals surface area contributed by atoms with Gasteiger partial charge >= 0.3 is 0 Å². The number of aryl methyl sites for hydroxylation is 1. The fourth-order valence-corrected chi connectivity index (χ4v) is 2.05. The third-order valence-corrected chi connectivity index (χ3v) is 2.98. The van der Waals surface area contributed by atoms with E-state index in [0.717, 1.165) is 10.8 Å². The van der Waals surface area contributed by atoms with E-state index < -0.39 is 0 Å². The van der Waals surface area contributed by atoms with Crippen molar-refractivity contribution < 1.29 is 4.79 Å². The predicted octanol–water partition coefficient (Wildman–Crippen LogP) is 2.20. The second kappa shape index (κ2) is 4.07. The Bertz CT molecular complexity index is 725. The molecule has 2 heterocycles. The predicted molar refractivity (Wildman–Crippen MR) is 68.4 cm³/mol. The molecule has 0 atom stereocenters. The van der Waals surface area contributed by atoms with Crippen LogP contribution in [0.1, 0.15) is 16.1 Å². The van der Waals surface area contributed by atoms with Crippen LogP contribution in [0.5, 0.6) is 0 Å². The first-order valence-corrected chi connectivity index (χ1v) is 5.63. The molecular formula is C14H11N3O. The number of hydrogen-bond donors (Lipinski definition) is 0. The molecule has 2 aromatic heterocycles. The van der Waals surface area contributed by atoms with E-state index in [4.69, 9.17) is 0 Å². The number of aromatic nitrogens is 3. The van der Waals surface area contributed by atoms with Crippen molar-refractivity contribution in [1.29, 1.82) is 0 Å². The summed E-state index contributed by atoms with van der Waals surface area (Å²) in [5.74, 6) is -0.0337. The summed E-state index contributed by atoms with van der Waals surface area (Å²) in [6, 6.07) is 9.29. The zero-order chi connectivity index (χ0) is 12.5. The number of nitrogens with zero attached hydrogens (tertiary/aromatic N) is 3. The SMILES string of the molecule is Cn1nccc1C(=O)c1cccc2ccncc12. The summed E-state index contributed by atoms with van der Waals surface area (Å²) in [5, 5.41) is 5.90. The van der Waals surface area contributed by atoms with Crippen molar-refractivity contribution in [1.82, 2.24) is 14.8 Å². The molecule has 3 aromatic rings. The topological polar surface area (TPSA) is 47.8 Å². The zero-order valence-corrected chi connectivity index (χ0v) is 9.87. The van der Waals surface area contributed by atoms with Gasteiger partial charge in [-0.2, -0.15) is 5.10 Å². The molecule has 0 radical (unpaired) electrons. The van der Waals surface area contributed by atoms with Crippen LogP contribution in [0.15, 0.2) is 48.9 Å². The van der Waals surface area contributed by atoms with Crippen LogP contribution >= 0.6 is 0 Å². The Labute approximate surface area is 104 Å². The smallest absolute Gasteiger partial charge is 0.211 e. The molecule has 3 rings (SSSR count). The maximum atomic E-state index is 12.5. The molecular weight excluding hydrogens is 226 g/mol. The molecule has 0 saturated carbocycles. The van der Waals surface area contributed by atoms with Crippen LogP contribution in [0.4, 0.5) is 0 Å². The minimum absolute atomic E-state index is 0.0337. The third-order valence-electron chi connectivity index (χ3n) is 2.98. The van der Waals surface area contributed by atoms with Gasteiger partial charge in [-0.25, -0.2) is 0 Å². The van der Waals surface area contributed by atoms with Crippen LogP contribution < -0.4 is 0 Å². The van der Waals surface area contributed by atoms with Crippen molar-refractivity contribution in [2.75, 3.05) is 0 Å². The first-order chi connectivity index (χ1) is 8.77. The van der Waals surface area contributed by atoms with Crippen LogP contribution in [0.25, 0.3) is 10.8 Å². The van der Waals surface area contributed by atoms with Gasteiger partial charge in [-0.1, -0.05) is 18.2 Å². The molecule has 0 unspecified atom stereocenters. The van der Waals surface area contributed by atoms with Crippen LogP contribution in [-0.4, -0.2) is 20.5 Å². The van der Waals surface area contributed by atoms with Crippen molar-refractivity contribution in [2.45, 2.75) is 0 Å². The van der Waals surface area contributed by atoms with Gasteiger partial charge < -0.3 is 0 Å². The summed E-state index contributed by atoms with van der Waals surface area (Å²) in [5.41, 5.74) is 1.23. The molecule has 88 valence electrons. The van der Waals surface area contributed by atoms with Gasteiger partial charge in [0.2, 0.25) is 5.78 Å². The molecule has 18 heavy (non-hydrogen) atoms. The van der Waals surface area contributed by atoms with Gasteiger partial charge in [0.1, 0.15) is 5.69 Å². The molecule has 0 fully saturated rings. The third kappa shape index (κ3) is 1.59. The summed E-state index contributed by atoms with van der Waals surface area (Å²) in [4.78, 5) is 16.5. The molecule has 0 saturated heterocycles. The number of benzene rings is 1. The number of carbonyl (C=O) groups is 1. The van der Waals surface area contributed by atoms with E-state index in [1.165, 1.54) is 0 Å². The van der Waals surface area contributed by atoms with E-state index in [1.807, 2.05) is 24.3 Å². The summed E-state index contributed by atoms with van der Waals surface area (Å²) in [6.45, 7) is 0. The lowest BCUT2D eigenvalue weighted by Crippen LogP contribution is -2.08. The van der Waals surface area contributed by atoms with Gasteiger partial charge in [-0.05, 0) is 17.5 Å². The van der Waals surface area contributed by atoms with Gasteiger partial charge in [0.05, 0.1) is 0 Å². The zero-order valence-electron chi connectivity index (χ0n) is 9.87. The Morgan fingerprint density at radius 3 is 2.83 bits per heavy atom. The highest BCUT2D eigenvalue weighted by Crippen LogP contribution is 2.20. The lowest BCUT2D eigenvalue weighted by Gasteiger charge is -2.05. The van der Waals surface area contributed by atoms with E-state index >= 15 is 0 Å². The maximum Gasteiger partial charge on any atom is 0.211 e. The van der Waals surface area contributed by atoms with E-state index in [-0.39, 0.29) is 5.78 Å². The number of pyridine rings is 1. The Kier molecular flexibility index (Phi) is 2.41. The summed E-state index contributed by atoms with van der Waals surface area (Å²) in [7, 11) is 1.76. The second-order valence-corrected chi connectivity index (χ2v) is 4.07. The Balaban J connectivity index is 2.21. The fraction of sp³-hybridized carbons (Fsp3) is 0.0714. The minimum Gasteiger partial charge on any atom is -0.287 e. The standard InChI is InChI=1S/C14H11N3O/c1-17-13(6-8-16-17)14(18)11-4-2-3-10-5-7-15-9-12(10)11/h2-9H,1H3. The highest BCUT2D eigenvalue weighted by molar-refractivity contribution is 6.15. The van der Waals surface area contributed by atoms with Crippen LogP contribution in [-0.2, 0) is 7.05 Å². The molecule has 0 spiro atoms. The van der Waals surface area contributed by atoms with E-state index in [9.17, 15) is 4.79 Å². The van der Waals surface area contributed by atoms with Crippen molar-refractivity contribution in [2.24, 2.45) is 7.05 Å². The maximum absolute atomic E-state index is 12.5. The Morgan fingerprint density at radius 2 is 2.06 bits per heavy atom. The molecule has 0 amide bonds. The van der Waals surface area contributed by atoms with Crippen LogP contribution in [0, 0.1) is 0 Å². The van der Waals surface area contributed by atoms with Crippen molar-refractivity contribution in [3.63, 3.8) is 0 Å². The molecule has 1 aromatic carbocycles. The molecule has 0 N–H and O–H groups in total. The monoisotopic (exact) mass is 237 g/mol. The highest BCUT2D eigenvalue weighted by atomic mass is 16.1. The normalized spacial score (nSPS) is 10.7. The van der Waals surface area contributed by atoms with Crippen molar-refractivity contribution >= 4 is 16.6 Å². The number of hydrogen-bond acceptors (Lipinski definition) is 3. The average molecular weight is 237 g/mol. The molecule has 0 aliphatic heterocycles. The first-order valence-electron chi connectivity index (χ1n) is 5.63. The Morgan fingerprint density at radius 1 is 1.17 bits per heavy atom. The lowest BCUT2D eigenvalue weighted by atomic mass is 10.0. The van der Waals surface area contributed by atoms with Gasteiger partial charge in [0.15, 0.2) is 0 Å². The number of carbonyl (C=O) groups excluding carboxylic acids is 1. The lowest BCUT2D eigenvalue weighted by molar-refractivity contribution is 0.103. The fourth-order valence-electron chi connectivity index (χ4n) is 2.05.